The highest BCUT2D eigenvalue weighted by molar-refractivity contribution is 5.97. The number of esters is 1. The molecule has 0 bridgehead atoms. The van der Waals surface area contributed by atoms with Crippen LogP contribution in [0.3, 0.4) is 0 Å². The van der Waals surface area contributed by atoms with Gasteiger partial charge in [0.15, 0.2) is 0 Å². The van der Waals surface area contributed by atoms with Crippen molar-refractivity contribution in [3.8, 4) is 0 Å². The quantitative estimate of drug-likeness (QED) is 0.587. The van der Waals surface area contributed by atoms with Gasteiger partial charge in [-0.05, 0) is 40.5 Å². The monoisotopic (exact) mass is 311 g/mol. The predicted molar refractivity (Wildman–Crippen MR) is 79.2 cm³/mol. The van der Waals surface area contributed by atoms with Crippen LogP contribution in [0.15, 0.2) is 0 Å². The fourth-order valence-corrected chi connectivity index (χ4v) is 3.19. The topological polar surface area (TPSA) is 72.9 Å². The predicted octanol–water partition coefficient (Wildman–Crippen LogP) is 2.16. The second kappa shape index (κ2) is 5.89. The van der Waals surface area contributed by atoms with E-state index in [4.69, 9.17) is 9.47 Å². The van der Waals surface area contributed by atoms with Gasteiger partial charge in [-0.1, -0.05) is 0 Å². The summed E-state index contributed by atoms with van der Waals surface area (Å²) in [4.78, 5) is 36.8. The number of hydrogen-bond acceptors (Lipinski definition) is 5. The first kappa shape index (κ1) is 16.8. The highest BCUT2D eigenvalue weighted by Gasteiger charge is 2.56. The van der Waals surface area contributed by atoms with E-state index in [2.05, 4.69) is 0 Å². The fraction of sp³-hybridized carbons (Fsp3) is 0.812. The third-order valence-electron chi connectivity index (χ3n) is 4.14. The molecule has 2 rings (SSSR count). The molecule has 0 N–H and O–H groups in total. The zero-order valence-electron chi connectivity index (χ0n) is 13.8. The van der Waals surface area contributed by atoms with Crippen molar-refractivity contribution in [1.29, 1.82) is 0 Å². The van der Waals surface area contributed by atoms with Gasteiger partial charge in [0.25, 0.3) is 0 Å². The van der Waals surface area contributed by atoms with Crippen LogP contribution >= 0.6 is 0 Å². The van der Waals surface area contributed by atoms with Crippen LogP contribution in [0.2, 0.25) is 0 Å². The normalized spacial score (nSPS) is 20.1. The molecule has 0 aromatic rings. The standard InChI is InChI=1S/C16H25NO5/c1-5-21-13(19)6-12(18)11-7-16(8-11)9-17(10-16)14(20)22-15(2,3)4/h11H,5-10H2,1-4H3. The minimum atomic E-state index is -0.489. The van der Waals surface area contributed by atoms with E-state index in [1.165, 1.54) is 0 Å². The Hall–Kier alpha value is -1.59. The van der Waals surface area contributed by atoms with Crippen LogP contribution < -0.4 is 0 Å². The summed E-state index contributed by atoms with van der Waals surface area (Å²) in [6.45, 7) is 8.83. The van der Waals surface area contributed by atoms with E-state index >= 15 is 0 Å². The molecule has 124 valence electrons. The van der Waals surface area contributed by atoms with Crippen LogP contribution in [-0.4, -0.2) is 48.0 Å². The molecule has 1 saturated carbocycles. The Balaban J connectivity index is 1.71. The number of nitrogens with zero attached hydrogens (tertiary/aromatic N) is 1. The Morgan fingerprint density at radius 3 is 2.27 bits per heavy atom. The van der Waals surface area contributed by atoms with E-state index in [1.54, 1.807) is 11.8 Å². The van der Waals surface area contributed by atoms with Crippen molar-refractivity contribution in [3.63, 3.8) is 0 Å². The number of Topliss-reactive ketones (excluding diaryl/α,β-unsaturated/α-hetero) is 1. The number of hydrogen-bond donors (Lipinski definition) is 0. The third-order valence-corrected chi connectivity index (χ3v) is 4.14. The van der Waals surface area contributed by atoms with Crippen molar-refractivity contribution in [1.82, 2.24) is 4.90 Å². The van der Waals surface area contributed by atoms with Gasteiger partial charge in [0.05, 0.1) is 6.61 Å². The Labute approximate surface area is 131 Å². The number of amides is 1. The van der Waals surface area contributed by atoms with Crippen molar-refractivity contribution in [2.45, 2.75) is 52.6 Å². The van der Waals surface area contributed by atoms with Gasteiger partial charge >= 0.3 is 12.1 Å². The van der Waals surface area contributed by atoms with Gasteiger partial charge in [-0.3, -0.25) is 9.59 Å². The Morgan fingerprint density at radius 2 is 1.77 bits per heavy atom. The molecule has 1 aliphatic heterocycles. The Morgan fingerprint density at radius 1 is 1.18 bits per heavy atom. The van der Waals surface area contributed by atoms with Gasteiger partial charge in [-0.2, -0.15) is 0 Å². The van der Waals surface area contributed by atoms with Crippen LogP contribution in [-0.2, 0) is 19.1 Å². The molecule has 1 amide bonds. The minimum absolute atomic E-state index is 0.0419. The molecule has 1 spiro atoms. The maximum Gasteiger partial charge on any atom is 0.410 e. The molecule has 2 fully saturated rings. The molecule has 0 aromatic heterocycles. The Kier molecular flexibility index (Phi) is 4.49. The summed E-state index contributed by atoms with van der Waals surface area (Å²) < 4.78 is 10.1. The van der Waals surface area contributed by atoms with Crippen LogP contribution in [0.1, 0.15) is 47.0 Å². The average Bonchev–Trinajstić information content (AvgIpc) is 2.22. The molecule has 6 heteroatoms. The number of carbonyl (C=O) groups is 3. The molecule has 0 atom stereocenters. The summed E-state index contributed by atoms with van der Waals surface area (Å²) in [6, 6.07) is 0. The maximum atomic E-state index is 11.9. The molecule has 22 heavy (non-hydrogen) atoms. The van der Waals surface area contributed by atoms with Crippen molar-refractivity contribution >= 4 is 17.8 Å². The van der Waals surface area contributed by atoms with Crippen molar-refractivity contribution in [2.24, 2.45) is 11.3 Å². The van der Waals surface area contributed by atoms with Crippen molar-refractivity contribution < 1.29 is 23.9 Å². The largest absolute Gasteiger partial charge is 0.466 e. The summed E-state index contributed by atoms with van der Waals surface area (Å²) in [6.07, 6.45) is 1.08. The summed E-state index contributed by atoms with van der Waals surface area (Å²) in [5.41, 5.74) is -0.427. The van der Waals surface area contributed by atoms with Crippen LogP contribution in [0.25, 0.3) is 0 Å². The molecular weight excluding hydrogens is 286 g/mol. The molecule has 0 unspecified atom stereocenters. The van der Waals surface area contributed by atoms with Gasteiger partial charge in [0.2, 0.25) is 0 Å². The summed E-state index contributed by atoms with van der Waals surface area (Å²) in [5, 5.41) is 0. The molecule has 1 saturated heterocycles. The van der Waals surface area contributed by atoms with E-state index in [0.29, 0.717) is 19.7 Å². The third kappa shape index (κ3) is 3.78. The zero-order chi connectivity index (χ0) is 16.5. The summed E-state index contributed by atoms with van der Waals surface area (Å²) in [5.74, 6) is -0.553. The van der Waals surface area contributed by atoms with Gasteiger partial charge in [-0.25, -0.2) is 4.79 Å². The van der Waals surface area contributed by atoms with Crippen LogP contribution in [0.4, 0.5) is 4.79 Å². The van der Waals surface area contributed by atoms with E-state index < -0.39 is 11.6 Å². The number of ketones is 1. The molecule has 0 aromatic carbocycles. The van der Waals surface area contributed by atoms with E-state index in [1.807, 2.05) is 20.8 Å². The van der Waals surface area contributed by atoms with Crippen LogP contribution in [0.5, 0.6) is 0 Å². The van der Waals surface area contributed by atoms with Gasteiger partial charge < -0.3 is 14.4 Å². The van der Waals surface area contributed by atoms with Gasteiger partial charge in [0, 0.05) is 24.4 Å². The average molecular weight is 311 g/mol. The minimum Gasteiger partial charge on any atom is -0.466 e. The molecule has 0 radical (unpaired) electrons. The first-order valence-corrected chi connectivity index (χ1v) is 7.80. The van der Waals surface area contributed by atoms with Crippen molar-refractivity contribution in [2.75, 3.05) is 19.7 Å². The number of carbonyl (C=O) groups excluding carboxylic acids is 3. The maximum absolute atomic E-state index is 11.9. The van der Waals surface area contributed by atoms with E-state index in [-0.39, 0.29) is 29.6 Å². The van der Waals surface area contributed by atoms with E-state index in [9.17, 15) is 14.4 Å². The second-order valence-electron chi connectivity index (χ2n) is 7.39. The lowest BCUT2D eigenvalue weighted by molar-refractivity contribution is -0.151. The number of ether oxygens (including phenoxy) is 2. The van der Waals surface area contributed by atoms with Crippen molar-refractivity contribution in [3.05, 3.63) is 0 Å². The highest BCUT2D eigenvalue weighted by atomic mass is 16.6. The SMILES string of the molecule is CCOC(=O)CC(=O)C1CC2(C1)CN(C(=O)OC(C)(C)C)C2. The first-order valence-electron chi connectivity index (χ1n) is 7.80. The van der Waals surface area contributed by atoms with Gasteiger partial charge in [-0.15, -0.1) is 0 Å². The van der Waals surface area contributed by atoms with Crippen LogP contribution in [0, 0.1) is 11.3 Å². The summed E-state index contributed by atoms with van der Waals surface area (Å²) in [7, 11) is 0. The van der Waals surface area contributed by atoms with E-state index in [0.717, 1.165) is 12.8 Å². The van der Waals surface area contributed by atoms with Gasteiger partial charge in [0.1, 0.15) is 17.8 Å². The molecule has 2 aliphatic rings. The smallest absolute Gasteiger partial charge is 0.410 e. The lowest BCUT2D eigenvalue weighted by Crippen LogP contribution is -2.65. The second-order valence-corrected chi connectivity index (χ2v) is 7.39. The highest BCUT2D eigenvalue weighted by Crippen LogP contribution is 2.52. The zero-order valence-corrected chi connectivity index (χ0v) is 13.8. The summed E-state index contributed by atoms with van der Waals surface area (Å²) >= 11 is 0. The number of likely N-dealkylation sites (tertiary alicyclic amines) is 1. The molecule has 1 aliphatic carbocycles. The fourth-order valence-electron chi connectivity index (χ4n) is 3.19. The molecular formula is C16H25NO5. The number of rotatable bonds is 4. The first-order chi connectivity index (χ1) is 10.1. The molecule has 6 nitrogen and oxygen atoms in total. The lowest BCUT2D eigenvalue weighted by Gasteiger charge is -2.58. The molecule has 1 heterocycles. The lowest BCUT2D eigenvalue weighted by atomic mass is 9.56. The Bertz CT molecular complexity index is 465.